The average molecular weight is 272 g/mol. The summed E-state index contributed by atoms with van der Waals surface area (Å²) in [7, 11) is 0. The summed E-state index contributed by atoms with van der Waals surface area (Å²) in [6.07, 6.45) is 2.35. The molecular formula is C9H14BrN5. The fourth-order valence-corrected chi connectivity index (χ4v) is 1.78. The van der Waals surface area contributed by atoms with Crippen molar-refractivity contribution in [1.29, 1.82) is 0 Å². The molecule has 6 heteroatoms. The highest BCUT2D eigenvalue weighted by Gasteiger charge is 2.14. The first-order chi connectivity index (χ1) is 7.25. The van der Waals surface area contributed by atoms with Crippen molar-refractivity contribution < 1.29 is 0 Å². The number of aryl methyl sites for hydroxylation is 1. The normalized spacial score (nSPS) is 21.3. The summed E-state index contributed by atoms with van der Waals surface area (Å²) >= 11 is 3.28. The third-order valence-electron chi connectivity index (χ3n) is 2.43. The molecule has 0 amide bonds. The van der Waals surface area contributed by atoms with Gasteiger partial charge in [-0.15, -0.1) is 10.2 Å². The lowest BCUT2D eigenvalue weighted by atomic mass is 10.1. The van der Waals surface area contributed by atoms with Crippen LogP contribution in [0.4, 0.5) is 5.95 Å². The van der Waals surface area contributed by atoms with Crippen molar-refractivity contribution in [3.63, 3.8) is 0 Å². The van der Waals surface area contributed by atoms with E-state index in [1.165, 1.54) is 6.42 Å². The number of nitrogens with zero attached hydrogens (tertiary/aromatic N) is 3. The monoisotopic (exact) mass is 271 g/mol. The van der Waals surface area contributed by atoms with Crippen molar-refractivity contribution >= 4 is 21.9 Å². The molecule has 2 N–H and O–H groups in total. The van der Waals surface area contributed by atoms with Crippen LogP contribution >= 0.6 is 15.9 Å². The molecule has 82 valence electrons. The Morgan fingerprint density at radius 2 is 2.33 bits per heavy atom. The predicted octanol–water partition coefficient (Wildman–Crippen LogP) is 1.11. The maximum atomic E-state index is 4.31. The van der Waals surface area contributed by atoms with E-state index in [4.69, 9.17) is 0 Å². The molecule has 0 radical (unpaired) electrons. The summed E-state index contributed by atoms with van der Waals surface area (Å²) in [4.78, 5) is 4.31. The first-order valence-corrected chi connectivity index (χ1v) is 5.89. The molecule has 1 aliphatic heterocycles. The van der Waals surface area contributed by atoms with Gasteiger partial charge < -0.3 is 10.6 Å². The van der Waals surface area contributed by atoms with Crippen LogP contribution in [-0.2, 0) is 0 Å². The van der Waals surface area contributed by atoms with Crippen molar-refractivity contribution in [2.75, 3.05) is 18.4 Å². The predicted molar refractivity (Wildman–Crippen MR) is 61.8 cm³/mol. The van der Waals surface area contributed by atoms with Gasteiger partial charge in [0.1, 0.15) is 4.60 Å². The Kier molecular flexibility index (Phi) is 3.48. The highest BCUT2D eigenvalue weighted by Crippen LogP contribution is 2.12. The van der Waals surface area contributed by atoms with Gasteiger partial charge in [0, 0.05) is 12.6 Å². The van der Waals surface area contributed by atoms with E-state index in [0.29, 0.717) is 16.6 Å². The molecule has 0 saturated carbocycles. The minimum Gasteiger partial charge on any atom is -0.349 e. The van der Waals surface area contributed by atoms with Crippen LogP contribution in [0.25, 0.3) is 0 Å². The number of anilines is 1. The van der Waals surface area contributed by atoms with Gasteiger partial charge in [-0.05, 0) is 42.2 Å². The van der Waals surface area contributed by atoms with Gasteiger partial charge >= 0.3 is 0 Å². The minimum atomic E-state index is 0.418. The summed E-state index contributed by atoms with van der Waals surface area (Å²) < 4.78 is 0.704. The molecule has 2 rings (SSSR count). The Hall–Kier alpha value is -0.750. The van der Waals surface area contributed by atoms with Crippen LogP contribution < -0.4 is 10.6 Å². The van der Waals surface area contributed by atoms with Crippen molar-refractivity contribution in [2.45, 2.75) is 25.8 Å². The molecule has 5 nitrogen and oxygen atoms in total. The van der Waals surface area contributed by atoms with Crippen LogP contribution in [-0.4, -0.2) is 34.3 Å². The number of halogens is 1. The molecule has 0 bridgehead atoms. The molecule has 0 unspecified atom stereocenters. The fraction of sp³-hybridized carbons (Fsp3) is 0.667. The quantitative estimate of drug-likeness (QED) is 0.844. The second-order valence-electron chi connectivity index (χ2n) is 3.70. The minimum absolute atomic E-state index is 0.418. The van der Waals surface area contributed by atoms with Crippen LogP contribution in [0.2, 0.25) is 0 Å². The molecule has 1 aliphatic rings. The van der Waals surface area contributed by atoms with Gasteiger partial charge in [0.05, 0.1) is 5.69 Å². The molecule has 1 fully saturated rings. The summed E-state index contributed by atoms with van der Waals surface area (Å²) in [6, 6.07) is 0.418. The highest BCUT2D eigenvalue weighted by molar-refractivity contribution is 9.10. The maximum Gasteiger partial charge on any atom is 0.243 e. The average Bonchev–Trinajstić information content (AvgIpc) is 2.25. The fourth-order valence-electron chi connectivity index (χ4n) is 1.61. The maximum absolute atomic E-state index is 4.31. The standard InChI is InChI=1S/C9H14BrN5/c1-6-8(10)14-15-9(12-6)13-7-3-2-4-11-5-7/h7,11H,2-5H2,1H3,(H,12,13,15)/t7-/m1/s1. The molecular weight excluding hydrogens is 258 g/mol. The zero-order chi connectivity index (χ0) is 10.7. The Morgan fingerprint density at radius 3 is 3.00 bits per heavy atom. The molecule has 0 spiro atoms. The van der Waals surface area contributed by atoms with Crippen molar-refractivity contribution in [1.82, 2.24) is 20.5 Å². The summed E-state index contributed by atoms with van der Waals surface area (Å²) in [6.45, 7) is 3.98. The number of rotatable bonds is 2. The Balaban J connectivity index is 2.00. The molecule has 0 aromatic carbocycles. The first kappa shape index (κ1) is 10.8. The van der Waals surface area contributed by atoms with Gasteiger partial charge in [-0.2, -0.15) is 0 Å². The molecule has 1 saturated heterocycles. The zero-order valence-electron chi connectivity index (χ0n) is 8.63. The molecule has 1 aromatic heterocycles. The molecule has 15 heavy (non-hydrogen) atoms. The summed E-state index contributed by atoms with van der Waals surface area (Å²) in [5, 5.41) is 14.6. The van der Waals surface area contributed by atoms with Crippen molar-refractivity contribution in [3.8, 4) is 0 Å². The zero-order valence-corrected chi connectivity index (χ0v) is 10.2. The van der Waals surface area contributed by atoms with E-state index in [0.717, 1.165) is 25.2 Å². The molecule has 1 aromatic rings. The number of piperidine rings is 1. The Labute approximate surface area is 97.2 Å². The highest BCUT2D eigenvalue weighted by atomic mass is 79.9. The van der Waals surface area contributed by atoms with Crippen LogP contribution in [0.15, 0.2) is 4.60 Å². The van der Waals surface area contributed by atoms with Crippen LogP contribution in [0.3, 0.4) is 0 Å². The lowest BCUT2D eigenvalue weighted by Crippen LogP contribution is -2.38. The van der Waals surface area contributed by atoms with Gasteiger partial charge in [-0.25, -0.2) is 4.98 Å². The van der Waals surface area contributed by atoms with Crippen LogP contribution in [0, 0.1) is 6.92 Å². The van der Waals surface area contributed by atoms with E-state index in [9.17, 15) is 0 Å². The second-order valence-corrected chi connectivity index (χ2v) is 4.45. The lowest BCUT2D eigenvalue weighted by molar-refractivity contribution is 0.477. The van der Waals surface area contributed by atoms with E-state index in [-0.39, 0.29) is 0 Å². The Morgan fingerprint density at radius 1 is 1.47 bits per heavy atom. The number of aromatic nitrogens is 3. The van der Waals surface area contributed by atoms with Crippen LogP contribution in [0.5, 0.6) is 0 Å². The topological polar surface area (TPSA) is 62.7 Å². The Bertz CT molecular complexity index is 337. The summed E-state index contributed by atoms with van der Waals surface area (Å²) in [5.74, 6) is 0.615. The van der Waals surface area contributed by atoms with E-state index in [1.54, 1.807) is 0 Å². The van der Waals surface area contributed by atoms with E-state index < -0.39 is 0 Å². The van der Waals surface area contributed by atoms with Gasteiger partial charge in [0.2, 0.25) is 5.95 Å². The third-order valence-corrected chi connectivity index (χ3v) is 3.17. The SMILES string of the molecule is Cc1nc(N[C@@H]2CCCNC2)nnc1Br. The van der Waals surface area contributed by atoms with E-state index >= 15 is 0 Å². The number of nitrogens with one attached hydrogen (secondary N) is 2. The smallest absolute Gasteiger partial charge is 0.243 e. The number of hydrogen-bond donors (Lipinski definition) is 2. The lowest BCUT2D eigenvalue weighted by Gasteiger charge is -2.23. The van der Waals surface area contributed by atoms with Gasteiger partial charge in [0.25, 0.3) is 0 Å². The first-order valence-electron chi connectivity index (χ1n) is 5.10. The number of hydrogen-bond acceptors (Lipinski definition) is 5. The van der Waals surface area contributed by atoms with Crippen molar-refractivity contribution in [2.24, 2.45) is 0 Å². The van der Waals surface area contributed by atoms with Gasteiger partial charge in [0.15, 0.2) is 0 Å². The van der Waals surface area contributed by atoms with Crippen LogP contribution in [0.1, 0.15) is 18.5 Å². The van der Waals surface area contributed by atoms with Gasteiger partial charge in [-0.1, -0.05) is 0 Å². The van der Waals surface area contributed by atoms with E-state index in [2.05, 4.69) is 41.7 Å². The van der Waals surface area contributed by atoms with E-state index in [1.807, 2.05) is 6.92 Å². The van der Waals surface area contributed by atoms with Crippen molar-refractivity contribution in [3.05, 3.63) is 10.3 Å². The largest absolute Gasteiger partial charge is 0.349 e. The van der Waals surface area contributed by atoms with Gasteiger partial charge in [-0.3, -0.25) is 0 Å². The second kappa shape index (κ2) is 4.85. The summed E-state index contributed by atoms with van der Waals surface area (Å²) in [5.41, 5.74) is 0.858. The molecule has 2 heterocycles. The molecule has 0 aliphatic carbocycles. The molecule has 1 atom stereocenters. The third kappa shape index (κ3) is 2.85.